The number of aliphatic hydroxyl groups is 1. The van der Waals surface area contributed by atoms with Gasteiger partial charge in [-0.1, -0.05) is 35.0 Å². The van der Waals surface area contributed by atoms with E-state index in [1.165, 1.54) is 38.1 Å². The molecule has 0 aliphatic carbocycles. The topological polar surface area (TPSA) is 121 Å². The lowest BCUT2D eigenvalue weighted by atomic mass is 10.1. The van der Waals surface area contributed by atoms with Gasteiger partial charge in [0.05, 0.1) is 22.8 Å². The van der Waals surface area contributed by atoms with Crippen molar-refractivity contribution < 1.29 is 31.2 Å². The average molecular weight is 546 g/mol. The van der Waals surface area contributed by atoms with E-state index in [-0.39, 0.29) is 51.5 Å². The molecule has 0 bridgehead atoms. The minimum Gasteiger partial charge on any atom is -0.381 e. The molecule has 2 aromatic carbocycles. The minimum absolute atomic E-state index is 0.0141. The van der Waals surface area contributed by atoms with Crippen LogP contribution in [0.4, 0.5) is 30.4 Å². The lowest BCUT2D eigenvalue weighted by molar-refractivity contribution is -0.141. The fourth-order valence-electron chi connectivity index (χ4n) is 3.96. The molecule has 0 radical (unpaired) electrons. The number of para-hydroxylation sites is 1. The van der Waals surface area contributed by atoms with Gasteiger partial charge in [0.15, 0.2) is 0 Å². The summed E-state index contributed by atoms with van der Waals surface area (Å²) >= 11 is 0. The van der Waals surface area contributed by atoms with Crippen molar-refractivity contribution in [2.75, 3.05) is 9.62 Å². The Bertz CT molecular complexity index is 1630. The molecule has 38 heavy (non-hydrogen) atoms. The number of rotatable bonds is 4. The summed E-state index contributed by atoms with van der Waals surface area (Å²) in [7, 11) is -4.24. The molecule has 0 saturated carbocycles. The number of nitrogens with zero attached hydrogens (tertiary/aromatic N) is 4. The lowest BCUT2D eigenvalue weighted by Gasteiger charge is -2.26. The number of hydrogen-bond donors (Lipinski definition) is 2. The Morgan fingerprint density at radius 2 is 1.74 bits per heavy atom. The first-order valence-electron chi connectivity index (χ1n) is 11.4. The lowest BCUT2D eigenvalue weighted by Crippen LogP contribution is -2.31. The van der Waals surface area contributed by atoms with Gasteiger partial charge in [-0.15, -0.1) is 0 Å². The molecule has 1 aliphatic rings. The van der Waals surface area contributed by atoms with Crippen LogP contribution in [0.25, 0.3) is 11.4 Å². The summed E-state index contributed by atoms with van der Waals surface area (Å²) in [5, 5.41) is 17.1. The highest BCUT2D eigenvalue weighted by molar-refractivity contribution is 7.92. The van der Waals surface area contributed by atoms with E-state index in [1.54, 1.807) is 24.3 Å². The predicted molar refractivity (Wildman–Crippen MR) is 132 cm³/mol. The zero-order chi connectivity index (χ0) is 27.5. The Kier molecular flexibility index (Phi) is 5.95. The zero-order valence-electron chi connectivity index (χ0n) is 20.4. The molecular formula is C25H22F3N5O4S. The fraction of sp³-hybridized carbons (Fsp3) is 0.240. The fourth-order valence-corrected chi connectivity index (χ4v) is 5.44. The molecule has 13 heteroatoms. The number of alkyl halides is 3. The van der Waals surface area contributed by atoms with Gasteiger partial charge in [0.1, 0.15) is 17.1 Å². The zero-order valence-corrected chi connectivity index (χ0v) is 21.2. The highest BCUT2D eigenvalue weighted by Crippen LogP contribution is 2.44. The minimum atomic E-state index is -4.69. The number of aromatic nitrogens is 3. The van der Waals surface area contributed by atoms with Crippen molar-refractivity contribution in [1.82, 2.24) is 15.1 Å². The van der Waals surface area contributed by atoms with Gasteiger partial charge in [0.25, 0.3) is 15.9 Å². The highest BCUT2D eigenvalue weighted by Gasteiger charge is 2.37. The van der Waals surface area contributed by atoms with E-state index >= 15 is 0 Å². The van der Waals surface area contributed by atoms with Crippen LogP contribution >= 0.6 is 0 Å². The van der Waals surface area contributed by atoms with Gasteiger partial charge in [-0.25, -0.2) is 13.4 Å². The summed E-state index contributed by atoms with van der Waals surface area (Å²) in [6, 6.07) is 12.9. The number of pyridine rings is 1. The maximum atomic E-state index is 14.0. The third kappa shape index (κ3) is 4.58. The molecule has 198 valence electrons. The van der Waals surface area contributed by atoms with E-state index in [0.29, 0.717) is 0 Å². The second-order valence-electron chi connectivity index (χ2n) is 9.34. The number of halogens is 3. The quantitative estimate of drug-likeness (QED) is 0.362. The third-order valence-electron chi connectivity index (χ3n) is 5.92. The Balaban J connectivity index is 1.75. The molecule has 3 heterocycles. The van der Waals surface area contributed by atoms with Crippen LogP contribution in [0.1, 0.15) is 36.6 Å². The normalized spacial score (nSPS) is 13.9. The van der Waals surface area contributed by atoms with Crippen LogP contribution in [-0.2, 0) is 28.3 Å². The molecule has 1 aliphatic heterocycles. The van der Waals surface area contributed by atoms with Crippen LogP contribution in [0.2, 0.25) is 0 Å². The van der Waals surface area contributed by atoms with Crippen LogP contribution in [0, 0.1) is 6.92 Å². The molecule has 5 rings (SSSR count). The van der Waals surface area contributed by atoms with Crippen molar-refractivity contribution in [3.05, 3.63) is 77.3 Å². The molecule has 0 fully saturated rings. The van der Waals surface area contributed by atoms with E-state index < -0.39 is 27.5 Å². The summed E-state index contributed by atoms with van der Waals surface area (Å²) in [6.45, 7) is 4.39. The third-order valence-corrected chi connectivity index (χ3v) is 7.68. The number of fused-ring (bicyclic) bond motifs is 2. The number of aryl methyl sites for hydroxylation is 1. The average Bonchev–Trinajstić information content (AvgIpc) is 3.27. The van der Waals surface area contributed by atoms with Crippen molar-refractivity contribution in [3.8, 4) is 11.4 Å². The summed E-state index contributed by atoms with van der Waals surface area (Å²) in [6.07, 6.45) is -4.69. The predicted octanol–water partition coefficient (Wildman–Crippen LogP) is 5.14. The SMILES string of the molecule is Cc1ccc(S(=O)(=O)N2Cc3ccc(C(F)(F)F)nc3Nc3cccc(-c4noc(C(C)(C)O)n4)c32)cc1. The Labute approximate surface area is 216 Å². The van der Waals surface area contributed by atoms with E-state index in [9.17, 15) is 26.7 Å². The summed E-state index contributed by atoms with van der Waals surface area (Å²) in [4.78, 5) is 7.97. The maximum absolute atomic E-state index is 14.0. The smallest absolute Gasteiger partial charge is 0.381 e. The Morgan fingerprint density at radius 3 is 2.37 bits per heavy atom. The Morgan fingerprint density at radius 1 is 1.03 bits per heavy atom. The first-order valence-corrected chi connectivity index (χ1v) is 12.8. The highest BCUT2D eigenvalue weighted by atomic mass is 32.2. The molecule has 0 spiro atoms. The Hall–Kier alpha value is -3.97. The number of sulfonamides is 1. The standard InChI is InChI=1S/C25H22F3N5O4S/c1-14-7-10-16(11-8-14)38(35,36)33-13-15-9-12-19(25(26,27)28)30-21(15)29-18-6-4-5-17(20(18)33)22-31-23(37-32-22)24(2,3)34/h4-12,34H,13H2,1-3H3,(H,29,30). The van der Waals surface area contributed by atoms with E-state index in [0.717, 1.165) is 15.9 Å². The molecule has 0 unspecified atom stereocenters. The van der Waals surface area contributed by atoms with Gasteiger partial charge in [0.2, 0.25) is 5.82 Å². The van der Waals surface area contributed by atoms with Crippen LogP contribution in [0.15, 0.2) is 64.0 Å². The number of hydrogen-bond acceptors (Lipinski definition) is 8. The summed E-state index contributed by atoms with van der Waals surface area (Å²) in [5.74, 6) is -0.246. The van der Waals surface area contributed by atoms with Gasteiger partial charge in [-0.2, -0.15) is 18.2 Å². The summed E-state index contributed by atoms with van der Waals surface area (Å²) in [5.41, 5.74) is -1.04. The molecule has 9 nitrogen and oxygen atoms in total. The monoisotopic (exact) mass is 545 g/mol. The van der Waals surface area contributed by atoms with Crippen molar-refractivity contribution in [3.63, 3.8) is 0 Å². The number of benzene rings is 2. The summed E-state index contributed by atoms with van der Waals surface area (Å²) < 4.78 is 74.5. The molecule has 0 saturated heterocycles. The van der Waals surface area contributed by atoms with Crippen molar-refractivity contribution in [2.45, 2.75) is 44.0 Å². The molecule has 2 aromatic heterocycles. The van der Waals surface area contributed by atoms with Crippen LogP contribution < -0.4 is 9.62 Å². The first kappa shape index (κ1) is 25.7. The number of nitrogens with one attached hydrogen (secondary N) is 1. The first-order chi connectivity index (χ1) is 17.7. The van der Waals surface area contributed by atoms with Gasteiger partial charge in [0, 0.05) is 11.1 Å². The van der Waals surface area contributed by atoms with E-state index in [2.05, 4.69) is 20.4 Å². The maximum Gasteiger partial charge on any atom is 0.433 e. The van der Waals surface area contributed by atoms with Crippen LogP contribution in [0.3, 0.4) is 0 Å². The second kappa shape index (κ2) is 8.81. The molecule has 0 amide bonds. The van der Waals surface area contributed by atoms with Gasteiger partial charge < -0.3 is 14.9 Å². The molecule has 2 N–H and O–H groups in total. The number of anilines is 3. The van der Waals surface area contributed by atoms with E-state index in [4.69, 9.17) is 4.52 Å². The van der Waals surface area contributed by atoms with Crippen molar-refractivity contribution in [2.24, 2.45) is 0 Å². The van der Waals surface area contributed by atoms with Gasteiger partial charge >= 0.3 is 6.18 Å². The molecule has 4 aromatic rings. The van der Waals surface area contributed by atoms with Crippen LogP contribution in [0.5, 0.6) is 0 Å². The molecular weight excluding hydrogens is 523 g/mol. The van der Waals surface area contributed by atoms with Crippen molar-refractivity contribution >= 4 is 27.2 Å². The van der Waals surface area contributed by atoms with E-state index in [1.807, 2.05) is 6.92 Å². The molecule has 0 atom stereocenters. The van der Waals surface area contributed by atoms with Gasteiger partial charge in [-0.3, -0.25) is 4.31 Å². The largest absolute Gasteiger partial charge is 0.433 e. The van der Waals surface area contributed by atoms with Crippen molar-refractivity contribution in [1.29, 1.82) is 0 Å². The van der Waals surface area contributed by atoms with Gasteiger partial charge in [-0.05, 0) is 51.1 Å². The second-order valence-corrected chi connectivity index (χ2v) is 11.2. The van der Waals surface area contributed by atoms with Crippen LogP contribution in [-0.4, -0.2) is 28.6 Å².